The van der Waals surface area contributed by atoms with Crippen LogP contribution in [0.15, 0.2) is 0 Å². The van der Waals surface area contributed by atoms with Gasteiger partial charge in [-0.05, 0) is 33.1 Å². The second-order valence-corrected chi connectivity index (χ2v) is 15.6. The average molecular weight is 675 g/mol. The molecular formula is C39H82N2O6+2. The maximum atomic E-state index is 11.3. The Morgan fingerprint density at radius 1 is 0.574 bits per heavy atom. The highest BCUT2D eigenvalue weighted by atomic mass is 16.7. The van der Waals surface area contributed by atoms with Gasteiger partial charge in [-0.2, -0.15) is 0 Å². The van der Waals surface area contributed by atoms with E-state index in [2.05, 4.69) is 41.8 Å². The lowest BCUT2D eigenvalue weighted by atomic mass is 9.97. The molecule has 1 aliphatic rings. The fourth-order valence-corrected chi connectivity index (χ4v) is 7.38. The molecule has 0 radical (unpaired) electrons. The molecule has 282 valence electrons. The molecule has 4 N–H and O–H groups in total. The van der Waals surface area contributed by atoms with Gasteiger partial charge in [0.2, 0.25) is 0 Å². The molecule has 6 unspecified atom stereocenters. The summed E-state index contributed by atoms with van der Waals surface area (Å²) in [6, 6.07) is 0. The molecular weight excluding hydrogens is 592 g/mol. The third-order valence-electron chi connectivity index (χ3n) is 10.8. The summed E-state index contributed by atoms with van der Waals surface area (Å²) < 4.78 is 13.4. The van der Waals surface area contributed by atoms with Crippen LogP contribution >= 0.6 is 0 Å². The van der Waals surface area contributed by atoms with Crippen LogP contribution in [0, 0.1) is 0 Å². The van der Waals surface area contributed by atoms with Gasteiger partial charge in [-0.25, -0.2) is 0 Å². The third-order valence-corrected chi connectivity index (χ3v) is 10.8. The molecule has 1 saturated heterocycles. The molecule has 47 heavy (non-hydrogen) atoms. The summed E-state index contributed by atoms with van der Waals surface area (Å²) in [5, 5.41) is 43.6. The van der Waals surface area contributed by atoms with Gasteiger partial charge in [0, 0.05) is 6.61 Å². The zero-order chi connectivity index (χ0) is 35.0. The molecule has 6 atom stereocenters. The van der Waals surface area contributed by atoms with Crippen molar-refractivity contribution in [3.8, 4) is 0 Å². The summed E-state index contributed by atoms with van der Waals surface area (Å²) in [5.41, 5.74) is 0. The normalized spacial score (nSPS) is 23.0. The molecule has 8 nitrogen and oxygen atoms in total. The molecule has 0 aromatic heterocycles. The lowest BCUT2D eigenvalue weighted by molar-refractivity contribution is -0.940. The van der Waals surface area contributed by atoms with Crippen molar-refractivity contribution in [1.82, 2.24) is 0 Å². The Morgan fingerprint density at radius 2 is 1.02 bits per heavy atom. The molecule has 0 aromatic carbocycles. The van der Waals surface area contributed by atoms with Crippen molar-refractivity contribution in [3.63, 3.8) is 0 Å². The quantitative estimate of drug-likeness (QED) is 0.0470. The highest BCUT2D eigenvalue weighted by molar-refractivity contribution is 4.89. The Hall–Kier alpha value is -0.320. The standard InChI is InChI=1S/C39H82N2O6/c1-7-11-13-15-17-19-21-23-25-27-29-40(5,6)31-34(42)32-41(9-3,10-4)33-35-36(43)37(44)38(45)39(47-35)46-30-28-26-24-22-20-18-16-14-12-8-2/h34-39,42-45H,7-33H2,1-6H3/q+2. The maximum Gasteiger partial charge on any atom is 0.186 e. The van der Waals surface area contributed by atoms with E-state index in [-0.39, 0.29) is 0 Å². The van der Waals surface area contributed by atoms with E-state index in [0.717, 1.165) is 37.0 Å². The first-order valence-corrected chi connectivity index (χ1v) is 20.2. The molecule has 0 aromatic rings. The SMILES string of the molecule is CCCCCCCCCCCCOC1OC(C[N+](CC)(CC)CC(O)C[N+](C)(C)CCCCCCCCCCCC)C(O)C(O)C1O. The van der Waals surface area contributed by atoms with Crippen molar-refractivity contribution < 1.29 is 38.9 Å². The van der Waals surface area contributed by atoms with Gasteiger partial charge in [0.25, 0.3) is 0 Å². The van der Waals surface area contributed by atoms with E-state index in [9.17, 15) is 20.4 Å². The first kappa shape index (κ1) is 44.7. The van der Waals surface area contributed by atoms with Crippen LogP contribution < -0.4 is 0 Å². The van der Waals surface area contributed by atoms with Gasteiger partial charge in [0.15, 0.2) is 12.4 Å². The molecule has 1 rings (SSSR count). The summed E-state index contributed by atoms with van der Waals surface area (Å²) in [7, 11) is 4.43. The van der Waals surface area contributed by atoms with Gasteiger partial charge in [-0.3, -0.25) is 0 Å². The Balaban J connectivity index is 2.49. The van der Waals surface area contributed by atoms with E-state index < -0.39 is 36.8 Å². The minimum atomic E-state index is -1.33. The maximum absolute atomic E-state index is 11.3. The molecule has 0 spiro atoms. The molecule has 0 amide bonds. The van der Waals surface area contributed by atoms with Crippen LogP contribution in [-0.2, 0) is 9.47 Å². The van der Waals surface area contributed by atoms with Crippen molar-refractivity contribution >= 4 is 0 Å². The molecule has 1 fully saturated rings. The van der Waals surface area contributed by atoms with E-state index in [1.54, 1.807) is 0 Å². The first-order valence-electron chi connectivity index (χ1n) is 20.2. The number of hydrogen-bond donors (Lipinski definition) is 4. The number of unbranched alkanes of at least 4 members (excludes halogenated alkanes) is 18. The second kappa shape index (κ2) is 26.5. The number of aliphatic hydroxyl groups excluding tert-OH is 4. The van der Waals surface area contributed by atoms with Gasteiger partial charge in [-0.1, -0.05) is 123 Å². The average Bonchev–Trinajstić information content (AvgIpc) is 3.04. The zero-order valence-electron chi connectivity index (χ0n) is 32.1. The van der Waals surface area contributed by atoms with Crippen molar-refractivity contribution in [3.05, 3.63) is 0 Å². The minimum Gasteiger partial charge on any atom is -0.387 e. The van der Waals surface area contributed by atoms with E-state index in [4.69, 9.17) is 9.47 Å². The Labute approximate surface area is 291 Å². The van der Waals surface area contributed by atoms with Gasteiger partial charge < -0.3 is 38.9 Å². The van der Waals surface area contributed by atoms with Crippen LogP contribution in [-0.4, -0.2) is 126 Å². The van der Waals surface area contributed by atoms with Crippen molar-refractivity contribution in [1.29, 1.82) is 0 Å². The molecule has 0 aliphatic carbocycles. The Kier molecular flexibility index (Phi) is 25.2. The van der Waals surface area contributed by atoms with Gasteiger partial charge >= 0.3 is 0 Å². The summed E-state index contributed by atoms with van der Waals surface area (Å²) >= 11 is 0. The van der Waals surface area contributed by atoms with Crippen LogP contribution in [0.5, 0.6) is 0 Å². The first-order chi connectivity index (χ1) is 22.5. The third kappa shape index (κ3) is 19.6. The summed E-state index contributed by atoms with van der Waals surface area (Å²) in [4.78, 5) is 0. The number of aliphatic hydroxyl groups is 4. The Bertz CT molecular complexity index is 722. The van der Waals surface area contributed by atoms with E-state index in [1.165, 1.54) is 116 Å². The molecule has 0 bridgehead atoms. The highest BCUT2D eigenvalue weighted by Crippen LogP contribution is 2.26. The highest BCUT2D eigenvalue weighted by Gasteiger charge is 2.47. The number of likely N-dealkylation sites (N-methyl/N-ethyl adjacent to an activating group) is 2. The van der Waals surface area contributed by atoms with Crippen molar-refractivity contribution in [2.75, 3.05) is 60.0 Å². The number of rotatable bonds is 31. The topological polar surface area (TPSA) is 99.4 Å². The van der Waals surface area contributed by atoms with Gasteiger partial charge in [0.05, 0.1) is 33.7 Å². The smallest absolute Gasteiger partial charge is 0.186 e. The van der Waals surface area contributed by atoms with Crippen LogP contribution in [0.2, 0.25) is 0 Å². The van der Waals surface area contributed by atoms with E-state index in [0.29, 0.717) is 30.7 Å². The number of hydrogen-bond acceptors (Lipinski definition) is 6. The number of quaternary nitrogens is 2. The monoisotopic (exact) mass is 675 g/mol. The van der Waals surface area contributed by atoms with E-state index >= 15 is 0 Å². The van der Waals surface area contributed by atoms with Gasteiger partial charge in [0.1, 0.15) is 44.1 Å². The van der Waals surface area contributed by atoms with E-state index in [1.807, 2.05) is 0 Å². The zero-order valence-corrected chi connectivity index (χ0v) is 32.1. The minimum absolute atomic E-state index is 0.443. The van der Waals surface area contributed by atoms with Crippen LogP contribution in [0.25, 0.3) is 0 Å². The predicted molar refractivity (Wildman–Crippen MR) is 195 cm³/mol. The van der Waals surface area contributed by atoms with Gasteiger partial charge in [-0.15, -0.1) is 0 Å². The molecule has 8 heteroatoms. The van der Waals surface area contributed by atoms with Crippen LogP contribution in [0.1, 0.15) is 156 Å². The number of nitrogens with zero attached hydrogens (tertiary/aromatic N) is 2. The van der Waals surface area contributed by atoms with Crippen LogP contribution in [0.3, 0.4) is 0 Å². The Morgan fingerprint density at radius 3 is 1.49 bits per heavy atom. The summed E-state index contributed by atoms with van der Waals surface area (Å²) in [6.45, 7) is 13.5. The lowest BCUT2D eigenvalue weighted by Crippen LogP contribution is -2.65. The molecule has 1 heterocycles. The fourth-order valence-electron chi connectivity index (χ4n) is 7.38. The molecule has 1 aliphatic heterocycles. The van der Waals surface area contributed by atoms with Crippen molar-refractivity contribution in [2.24, 2.45) is 0 Å². The summed E-state index contributed by atoms with van der Waals surface area (Å²) in [6.07, 6.45) is 19.6. The fraction of sp³-hybridized carbons (Fsp3) is 1.00. The summed E-state index contributed by atoms with van der Waals surface area (Å²) in [5.74, 6) is 0. The van der Waals surface area contributed by atoms with Crippen molar-refractivity contribution in [2.45, 2.75) is 193 Å². The number of ether oxygens (including phenoxy) is 2. The molecule has 0 saturated carbocycles. The second-order valence-electron chi connectivity index (χ2n) is 15.6. The lowest BCUT2D eigenvalue weighted by Gasteiger charge is -2.46. The van der Waals surface area contributed by atoms with Crippen LogP contribution in [0.4, 0.5) is 0 Å². The largest absolute Gasteiger partial charge is 0.387 e. The predicted octanol–water partition coefficient (Wildman–Crippen LogP) is 6.95.